The van der Waals surface area contributed by atoms with E-state index in [0.717, 1.165) is 19.5 Å². The van der Waals surface area contributed by atoms with Crippen molar-refractivity contribution in [3.05, 3.63) is 70.2 Å². The molecule has 0 saturated carbocycles. The number of carbonyl (C=O) groups excluding carboxylic acids is 1. The van der Waals surface area contributed by atoms with Gasteiger partial charge in [-0.25, -0.2) is 5.01 Å². The first-order valence-electron chi connectivity index (χ1n) is 6.60. The molecular formula is C16H15ClN2O. The maximum atomic E-state index is 12.1. The van der Waals surface area contributed by atoms with Crippen molar-refractivity contribution in [2.45, 2.75) is 13.0 Å². The summed E-state index contributed by atoms with van der Waals surface area (Å²) >= 11 is 5.82. The highest BCUT2D eigenvalue weighted by Gasteiger charge is 2.17. The van der Waals surface area contributed by atoms with Gasteiger partial charge in [0.25, 0.3) is 5.91 Å². The molecule has 0 atom stereocenters. The number of rotatable bonds is 2. The molecule has 2 aromatic rings. The first-order valence-corrected chi connectivity index (χ1v) is 6.98. The normalized spacial score (nSPS) is 14.7. The molecule has 3 rings (SSSR count). The molecule has 0 aromatic heterocycles. The third-order valence-electron chi connectivity index (χ3n) is 3.50. The lowest BCUT2D eigenvalue weighted by Crippen LogP contribution is -2.44. The zero-order valence-electron chi connectivity index (χ0n) is 11.0. The van der Waals surface area contributed by atoms with Crippen LogP contribution in [0.4, 0.5) is 0 Å². The van der Waals surface area contributed by atoms with Crippen LogP contribution in [0.1, 0.15) is 21.5 Å². The summed E-state index contributed by atoms with van der Waals surface area (Å²) in [5.41, 5.74) is 6.20. The van der Waals surface area contributed by atoms with Crippen molar-refractivity contribution in [1.29, 1.82) is 0 Å². The lowest BCUT2D eigenvalue weighted by Gasteiger charge is -2.28. The minimum absolute atomic E-state index is 0.0963. The molecule has 1 amide bonds. The van der Waals surface area contributed by atoms with Gasteiger partial charge in [0.1, 0.15) is 0 Å². The number of carbonyl (C=O) groups is 1. The third kappa shape index (κ3) is 2.84. The molecule has 0 bridgehead atoms. The van der Waals surface area contributed by atoms with Gasteiger partial charge >= 0.3 is 0 Å². The first-order chi connectivity index (χ1) is 9.72. The largest absolute Gasteiger partial charge is 0.284 e. The standard InChI is InChI=1S/C16H15ClN2O/c17-15-7-5-13(6-8-15)16(20)18-19-10-9-12-3-1-2-4-14(12)11-19/h1-8H,9-11H2,(H,18,20). The van der Waals surface area contributed by atoms with E-state index in [2.05, 4.69) is 23.6 Å². The van der Waals surface area contributed by atoms with Crippen molar-refractivity contribution in [3.63, 3.8) is 0 Å². The fourth-order valence-corrected chi connectivity index (χ4v) is 2.53. The Balaban J connectivity index is 1.67. The number of amides is 1. The molecule has 3 nitrogen and oxygen atoms in total. The highest BCUT2D eigenvalue weighted by atomic mass is 35.5. The van der Waals surface area contributed by atoms with Gasteiger partial charge in [-0.2, -0.15) is 0 Å². The van der Waals surface area contributed by atoms with Gasteiger partial charge in [0, 0.05) is 23.7 Å². The summed E-state index contributed by atoms with van der Waals surface area (Å²) in [5.74, 6) is -0.0963. The minimum atomic E-state index is -0.0963. The predicted molar refractivity (Wildman–Crippen MR) is 79.5 cm³/mol. The minimum Gasteiger partial charge on any atom is -0.284 e. The average molecular weight is 287 g/mol. The number of hydrogen-bond acceptors (Lipinski definition) is 2. The van der Waals surface area contributed by atoms with E-state index < -0.39 is 0 Å². The van der Waals surface area contributed by atoms with E-state index in [4.69, 9.17) is 11.6 Å². The molecule has 1 aliphatic rings. The van der Waals surface area contributed by atoms with Crippen LogP contribution in [0.25, 0.3) is 0 Å². The fourth-order valence-electron chi connectivity index (χ4n) is 2.40. The van der Waals surface area contributed by atoms with Crippen LogP contribution in [-0.4, -0.2) is 17.5 Å². The Morgan fingerprint density at radius 1 is 1.05 bits per heavy atom. The van der Waals surface area contributed by atoms with Crippen LogP contribution in [0.15, 0.2) is 48.5 Å². The maximum Gasteiger partial charge on any atom is 0.265 e. The number of nitrogens with zero attached hydrogens (tertiary/aromatic N) is 1. The molecule has 1 heterocycles. The molecule has 102 valence electrons. The molecule has 4 heteroatoms. The van der Waals surface area contributed by atoms with Gasteiger partial charge in [0.05, 0.1) is 0 Å². The van der Waals surface area contributed by atoms with Gasteiger partial charge in [-0.15, -0.1) is 0 Å². The Morgan fingerprint density at radius 3 is 2.50 bits per heavy atom. The van der Waals surface area contributed by atoms with Crippen LogP contribution < -0.4 is 5.43 Å². The van der Waals surface area contributed by atoms with E-state index in [1.165, 1.54) is 11.1 Å². The predicted octanol–water partition coefficient (Wildman–Crippen LogP) is 3.04. The second kappa shape index (κ2) is 5.65. The Labute approximate surface area is 123 Å². The van der Waals surface area contributed by atoms with Crippen LogP contribution in [-0.2, 0) is 13.0 Å². The monoisotopic (exact) mass is 286 g/mol. The summed E-state index contributed by atoms with van der Waals surface area (Å²) in [4.78, 5) is 12.1. The number of fused-ring (bicyclic) bond motifs is 1. The van der Waals surface area contributed by atoms with Crippen LogP contribution in [0.2, 0.25) is 5.02 Å². The Hall–Kier alpha value is -1.84. The van der Waals surface area contributed by atoms with Crippen molar-refractivity contribution < 1.29 is 4.79 Å². The lowest BCUT2D eigenvalue weighted by atomic mass is 10.0. The second-order valence-corrected chi connectivity index (χ2v) is 5.32. The molecule has 2 aromatic carbocycles. The topological polar surface area (TPSA) is 32.3 Å². The smallest absolute Gasteiger partial charge is 0.265 e. The zero-order valence-corrected chi connectivity index (χ0v) is 11.7. The molecule has 0 saturated heterocycles. The SMILES string of the molecule is O=C(NN1CCc2ccccc2C1)c1ccc(Cl)cc1. The number of halogens is 1. The molecule has 0 unspecified atom stereocenters. The zero-order chi connectivity index (χ0) is 13.9. The molecule has 1 N–H and O–H groups in total. The molecule has 0 radical (unpaired) electrons. The Bertz CT molecular complexity index is 625. The number of hydrogen-bond donors (Lipinski definition) is 1. The van der Waals surface area contributed by atoms with Gasteiger partial charge in [0.15, 0.2) is 0 Å². The van der Waals surface area contributed by atoms with E-state index in [1.807, 2.05) is 11.1 Å². The van der Waals surface area contributed by atoms with Crippen molar-refractivity contribution in [3.8, 4) is 0 Å². The number of benzene rings is 2. The average Bonchev–Trinajstić information content (AvgIpc) is 2.48. The van der Waals surface area contributed by atoms with E-state index in [1.54, 1.807) is 24.3 Å². The Morgan fingerprint density at radius 2 is 1.75 bits per heavy atom. The molecule has 20 heavy (non-hydrogen) atoms. The van der Waals surface area contributed by atoms with Crippen LogP contribution >= 0.6 is 11.6 Å². The van der Waals surface area contributed by atoms with Gasteiger partial charge in [-0.05, 0) is 41.8 Å². The van der Waals surface area contributed by atoms with Crippen LogP contribution in [0, 0.1) is 0 Å². The van der Waals surface area contributed by atoms with E-state index >= 15 is 0 Å². The highest BCUT2D eigenvalue weighted by molar-refractivity contribution is 6.30. The van der Waals surface area contributed by atoms with Crippen molar-refractivity contribution in [2.75, 3.05) is 6.54 Å². The van der Waals surface area contributed by atoms with Gasteiger partial charge < -0.3 is 0 Å². The number of hydrazine groups is 1. The summed E-state index contributed by atoms with van der Waals surface area (Å²) in [6.07, 6.45) is 0.955. The van der Waals surface area contributed by atoms with Crippen molar-refractivity contribution in [2.24, 2.45) is 0 Å². The summed E-state index contributed by atoms with van der Waals surface area (Å²) in [5, 5.41) is 2.59. The highest BCUT2D eigenvalue weighted by Crippen LogP contribution is 2.17. The van der Waals surface area contributed by atoms with Crippen LogP contribution in [0.5, 0.6) is 0 Å². The second-order valence-electron chi connectivity index (χ2n) is 4.89. The van der Waals surface area contributed by atoms with E-state index in [-0.39, 0.29) is 5.91 Å². The van der Waals surface area contributed by atoms with Crippen molar-refractivity contribution >= 4 is 17.5 Å². The lowest BCUT2D eigenvalue weighted by molar-refractivity contribution is 0.0764. The molecular weight excluding hydrogens is 272 g/mol. The molecule has 0 aliphatic carbocycles. The number of nitrogens with one attached hydrogen (secondary N) is 1. The maximum absolute atomic E-state index is 12.1. The van der Waals surface area contributed by atoms with Gasteiger partial charge in [0.2, 0.25) is 0 Å². The van der Waals surface area contributed by atoms with Gasteiger partial charge in [-0.1, -0.05) is 35.9 Å². The summed E-state index contributed by atoms with van der Waals surface area (Å²) < 4.78 is 0. The first kappa shape index (κ1) is 13.2. The molecule has 0 fully saturated rings. The van der Waals surface area contributed by atoms with E-state index in [0.29, 0.717) is 10.6 Å². The Kier molecular flexibility index (Phi) is 3.72. The third-order valence-corrected chi connectivity index (χ3v) is 3.75. The summed E-state index contributed by atoms with van der Waals surface area (Å²) in [6.45, 7) is 1.58. The fraction of sp³-hybridized carbons (Fsp3) is 0.188. The van der Waals surface area contributed by atoms with E-state index in [9.17, 15) is 4.79 Å². The molecule has 0 spiro atoms. The quantitative estimate of drug-likeness (QED) is 0.920. The summed E-state index contributed by atoms with van der Waals surface area (Å²) in [7, 11) is 0. The summed E-state index contributed by atoms with van der Waals surface area (Å²) in [6, 6.07) is 15.3. The van der Waals surface area contributed by atoms with Gasteiger partial charge in [-0.3, -0.25) is 10.2 Å². The molecule has 1 aliphatic heterocycles. The van der Waals surface area contributed by atoms with Crippen molar-refractivity contribution in [1.82, 2.24) is 10.4 Å². The van der Waals surface area contributed by atoms with Crippen LogP contribution in [0.3, 0.4) is 0 Å².